The maximum atomic E-state index is 13.0. The molecule has 0 N–H and O–H groups in total. The van der Waals surface area contributed by atoms with Crippen molar-refractivity contribution in [2.75, 3.05) is 0 Å². The highest BCUT2D eigenvalue weighted by atomic mass is 16.1. The van der Waals surface area contributed by atoms with Crippen LogP contribution in [0.1, 0.15) is 86.5 Å². The third kappa shape index (κ3) is 5.87. The zero-order valence-electron chi connectivity index (χ0n) is 19.9. The molecule has 0 aromatic heterocycles. The fourth-order valence-electron chi connectivity index (χ4n) is 4.82. The summed E-state index contributed by atoms with van der Waals surface area (Å²) in [5, 5.41) is 0. The van der Waals surface area contributed by atoms with Gasteiger partial charge in [0, 0.05) is 35.8 Å². The van der Waals surface area contributed by atoms with Crippen LogP contribution in [0.4, 0.5) is 0 Å². The summed E-state index contributed by atoms with van der Waals surface area (Å²) in [4.78, 5) is 49.8. The summed E-state index contributed by atoms with van der Waals surface area (Å²) >= 11 is 0. The Labute approximate surface area is 186 Å². The number of hydrogen-bond donors (Lipinski definition) is 0. The zero-order valence-corrected chi connectivity index (χ0v) is 19.9. The quantitative estimate of drug-likeness (QED) is 0.345. The molecule has 1 saturated carbocycles. The summed E-state index contributed by atoms with van der Waals surface area (Å²) in [5.41, 5.74) is 2.14. The third-order valence-corrected chi connectivity index (χ3v) is 7.11. The molecule has 2 aliphatic carbocycles. The minimum Gasteiger partial charge on any atom is -0.299 e. The average Bonchev–Trinajstić information content (AvgIpc) is 2.96. The minimum atomic E-state index is -0.476. The second-order valence-electron chi connectivity index (χ2n) is 10.0. The van der Waals surface area contributed by atoms with Gasteiger partial charge >= 0.3 is 0 Å². The van der Waals surface area contributed by atoms with Crippen LogP contribution in [0.5, 0.6) is 0 Å². The SMILES string of the molecule is CC(C)=CCC(=O)[C@]1(C)CCC[C@]1(C)CC(=O)C/C(C)=C/CC1=CC(=O)C=C(C)C1=O. The van der Waals surface area contributed by atoms with E-state index in [1.54, 1.807) is 6.92 Å². The molecule has 0 bridgehead atoms. The average molecular weight is 425 g/mol. The number of allylic oxidation sites excluding steroid dienone is 8. The van der Waals surface area contributed by atoms with Gasteiger partial charge in [-0.25, -0.2) is 0 Å². The van der Waals surface area contributed by atoms with Gasteiger partial charge < -0.3 is 0 Å². The summed E-state index contributed by atoms with van der Waals surface area (Å²) in [6.07, 6.45) is 10.7. The summed E-state index contributed by atoms with van der Waals surface area (Å²) in [6, 6.07) is 0. The molecule has 1 fully saturated rings. The summed E-state index contributed by atoms with van der Waals surface area (Å²) in [7, 11) is 0. The first-order chi connectivity index (χ1) is 14.4. The van der Waals surface area contributed by atoms with Crippen LogP contribution in [0.2, 0.25) is 0 Å². The lowest BCUT2D eigenvalue weighted by Gasteiger charge is -2.39. The maximum Gasteiger partial charge on any atom is 0.185 e. The van der Waals surface area contributed by atoms with Crippen molar-refractivity contribution in [1.29, 1.82) is 0 Å². The highest BCUT2D eigenvalue weighted by Gasteiger charge is 2.52. The predicted molar refractivity (Wildman–Crippen MR) is 124 cm³/mol. The number of carbonyl (C=O) groups is 4. The van der Waals surface area contributed by atoms with E-state index in [4.69, 9.17) is 0 Å². The molecule has 0 spiro atoms. The highest BCUT2D eigenvalue weighted by Crippen LogP contribution is 2.56. The molecular weight excluding hydrogens is 388 g/mol. The Hall–Kier alpha value is -2.36. The van der Waals surface area contributed by atoms with Gasteiger partial charge in [-0.05, 0) is 64.5 Å². The number of Topliss-reactive ketones (excluding diaryl/α,β-unsaturated/α-hetero) is 3. The van der Waals surface area contributed by atoms with E-state index in [0.29, 0.717) is 36.8 Å². The molecule has 0 aromatic rings. The second-order valence-corrected chi connectivity index (χ2v) is 10.0. The fraction of sp³-hybridized carbons (Fsp3) is 0.556. The van der Waals surface area contributed by atoms with Crippen LogP contribution >= 0.6 is 0 Å². The van der Waals surface area contributed by atoms with Crippen molar-refractivity contribution in [2.24, 2.45) is 10.8 Å². The summed E-state index contributed by atoms with van der Waals surface area (Å²) in [5.74, 6) is 0.0691. The van der Waals surface area contributed by atoms with Gasteiger partial charge in [0.25, 0.3) is 0 Å². The fourth-order valence-corrected chi connectivity index (χ4v) is 4.82. The largest absolute Gasteiger partial charge is 0.299 e. The number of ketones is 4. The Balaban J connectivity index is 2.02. The zero-order chi connectivity index (χ0) is 23.4. The lowest BCUT2D eigenvalue weighted by molar-refractivity contribution is -0.134. The predicted octanol–water partition coefficient (Wildman–Crippen LogP) is 5.82. The molecule has 2 aliphatic rings. The van der Waals surface area contributed by atoms with Crippen LogP contribution < -0.4 is 0 Å². The first-order valence-electron chi connectivity index (χ1n) is 11.2. The first-order valence-corrected chi connectivity index (χ1v) is 11.2. The molecule has 31 heavy (non-hydrogen) atoms. The van der Waals surface area contributed by atoms with E-state index in [1.165, 1.54) is 12.2 Å². The van der Waals surface area contributed by atoms with Gasteiger partial charge in [-0.3, -0.25) is 19.2 Å². The van der Waals surface area contributed by atoms with E-state index in [9.17, 15) is 19.2 Å². The van der Waals surface area contributed by atoms with Crippen molar-refractivity contribution in [3.8, 4) is 0 Å². The van der Waals surface area contributed by atoms with Crippen LogP contribution in [-0.4, -0.2) is 23.1 Å². The van der Waals surface area contributed by atoms with Crippen molar-refractivity contribution in [3.63, 3.8) is 0 Å². The van der Waals surface area contributed by atoms with E-state index in [2.05, 4.69) is 6.92 Å². The first kappa shape index (κ1) is 24.9. The minimum absolute atomic E-state index is 0.112. The van der Waals surface area contributed by atoms with Crippen LogP contribution in [0.3, 0.4) is 0 Å². The molecule has 2 atom stereocenters. The molecule has 0 heterocycles. The van der Waals surface area contributed by atoms with Gasteiger partial charge in [-0.2, -0.15) is 0 Å². The van der Waals surface area contributed by atoms with Crippen LogP contribution in [0, 0.1) is 10.8 Å². The summed E-state index contributed by atoms with van der Waals surface area (Å²) < 4.78 is 0. The van der Waals surface area contributed by atoms with Crippen LogP contribution in [0.25, 0.3) is 0 Å². The van der Waals surface area contributed by atoms with E-state index in [-0.39, 0.29) is 28.5 Å². The topological polar surface area (TPSA) is 68.3 Å². The molecule has 4 nitrogen and oxygen atoms in total. The Morgan fingerprint density at radius 1 is 1.03 bits per heavy atom. The highest BCUT2D eigenvalue weighted by molar-refractivity contribution is 6.20. The van der Waals surface area contributed by atoms with Crippen molar-refractivity contribution < 1.29 is 19.2 Å². The smallest absolute Gasteiger partial charge is 0.185 e. The lowest BCUT2D eigenvalue weighted by atomic mass is 9.62. The Bertz CT molecular complexity index is 908. The molecule has 0 aromatic carbocycles. The normalized spacial score (nSPS) is 26.5. The summed E-state index contributed by atoms with van der Waals surface area (Å²) in [6.45, 7) is 11.6. The van der Waals surface area contributed by atoms with Crippen molar-refractivity contribution in [2.45, 2.75) is 86.5 Å². The molecule has 2 rings (SSSR count). The van der Waals surface area contributed by atoms with Gasteiger partial charge in [0.15, 0.2) is 11.6 Å². The molecule has 0 aliphatic heterocycles. The van der Waals surface area contributed by atoms with E-state index in [1.807, 2.05) is 39.8 Å². The van der Waals surface area contributed by atoms with Crippen LogP contribution in [0.15, 0.2) is 46.6 Å². The van der Waals surface area contributed by atoms with Crippen molar-refractivity contribution >= 4 is 23.1 Å². The third-order valence-electron chi connectivity index (χ3n) is 7.11. The lowest BCUT2D eigenvalue weighted by Crippen LogP contribution is -2.41. The standard InChI is InChI=1S/C27H36O4/c1-18(2)8-11-24(30)27(6)13-7-12-26(27,5)17-23(29)14-19(3)9-10-21-16-22(28)15-20(4)25(21)31/h8-9,15-16H,7,10-14,17H2,1-6H3/b19-9+/t26-,27+/m1/s1. The molecule has 168 valence electrons. The van der Waals surface area contributed by atoms with E-state index < -0.39 is 5.41 Å². The molecule has 0 radical (unpaired) electrons. The Morgan fingerprint density at radius 3 is 2.35 bits per heavy atom. The van der Waals surface area contributed by atoms with Gasteiger partial charge in [-0.1, -0.05) is 43.6 Å². The number of carbonyl (C=O) groups excluding carboxylic acids is 4. The Kier molecular flexibility index (Phi) is 7.91. The van der Waals surface area contributed by atoms with Crippen LogP contribution in [-0.2, 0) is 19.2 Å². The maximum absolute atomic E-state index is 13.0. The molecule has 4 heteroatoms. The monoisotopic (exact) mass is 424 g/mol. The molecule has 0 saturated heterocycles. The van der Waals surface area contributed by atoms with E-state index in [0.717, 1.165) is 30.4 Å². The number of rotatable bonds is 9. The van der Waals surface area contributed by atoms with Crippen molar-refractivity contribution in [1.82, 2.24) is 0 Å². The van der Waals surface area contributed by atoms with Gasteiger partial charge in [0.2, 0.25) is 0 Å². The van der Waals surface area contributed by atoms with E-state index >= 15 is 0 Å². The van der Waals surface area contributed by atoms with Gasteiger partial charge in [0.05, 0.1) is 0 Å². The molecule has 0 unspecified atom stereocenters. The van der Waals surface area contributed by atoms with Crippen molar-refractivity contribution in [3.05, 3.63) is 46.6 Å². The number of hydrogen-bond acceptors (Lipinski definition) is 4. The Morgan fingerprint density at radius 2 is 1.71 bits per heavy atom. The van der Waals surface area contributed by atoms with Gasteiger partial charge in [-0.15, -0.1) is 0 Å². The molecular formula is C27H36O4. The molecule has 0 amide bonds. The second kappa shape index (κ2) is 9.84. The van der Waals surface area contributed by atoms with Gasteiger partial charge in [0.1, 0.15) is 11.6 Å².